The third-order valence-corrected chi connectivity index (χ3v) is 7.44. The zero-order valence-corrected chi connectivity index (χ0v) is 24.2. The lowest BCUT2D eigenvalue weighted by atomic mass is 9.76. The van der Waals surface area contributed by atoms with E-state index in [1.54, 1.807) is 20.1 Å². The fourth-order valence-corrected chi connectivity index (χ4v) is 5.32. The molecule has 0 radical (unpaired) electrons. The number of allylic oxidation sites excluding steroid dienone is 1. The number of hydrogen-bond donors (Lipinski definition) is 0. The Labute approximate surface area is 237 Å². The monoisotopic (exact) mass is 554 g/mol. The van der Waals surface area contributed by atoms with E-state index in [9.17, 15) is 9.59 Å². The first-order valence-electron chi connectivity index (χ1n) is 13.6. The highest BCUT2D eigenvalue weighted by atomic mass is 16.7. The smallest absolute Gasteiger partial charge is 0.333 e. The molecule has 2 aromatic carbocycles. The van der Waals surface area contributed by atoms with Gasteiger partial charge >= 0.3 is 5.97 Å². The van der Waals surface area contributed by atoms with Gasteiger partial charge in [0.15, 0.2) is 0 Å². The average molecular weight is 555 g/mol. The number of methoxy groups -OCH3 is 2. The molecule has 0 aliphatic carbocycles. The maximum Gasteiger partial charge on any atom is 0.333 e. The maximum atomic E-state index is 11.8. The number of benzene rings is 2. The van der Waals surface area contributed by atoms with E-state index in [0.29, 0.717) is 31.6 Å². The van der Waals surface area contributed by atoms with Gasteiger partial charge in [-0.3, -0.25) is 0 Å². The van der Waals surface area contributed by atoms with Gasteiger partial charge in [0.05, 0.1) is 38.1 Å². The second kappa shape index (κ2) is 14.6. The summed E-state index contributed by atoms with van der Waals surface area (Å²) in [6.07, 6.45) is 4.15. The Kier molecular flexibility index (Phi) is 11.5. The highest BCUT2D eigenvalue weighted by Crippen LogP contribution is 2.45. The number of esters is 1. The van der Waals surface area contributed by atoms with Gasteiger partial charge in [0.2, 0.25) is 0 Å². The van der Waals surface area contributed by atoms with Crippen LogP contribution in [0, 0.1) is 0 Å². The van der Waals surface area contributed by atoms with Crippen LogP contribution in [0.4, 0.5) is 0 Å². The predicted octanol–water partition coefficient (Wildman–Crippen LogP) is 5.67. The summed E-state index contributed by atoms with van der Waals surface area (Å²) < 4.78 is 35.9. The Hall–Kier alpha value is -3.04. The fourth-order valence-electron chi connectivity index (χ4n) is 5.32. The Morgan fingerprint density at radius 3 is 2.60 bits per heavy atom. The van der Waals surface area contributed by atoms with Crippen molar-refractivity contribution in [2.24, 2.45) is 0 Å². The molecule has 1 aliphatic heterocycles. The molecule has 0 N–H and O–H groups in total. The van der Waals surface area contributed by atoms with Crippen molar-refractivity contribution in [3.8, 4) is 0 Å². The van der Waals surface area contributed by atoms with Crippen molar-refractivity contribution in [2.75, 3.05) is 21.0 Å². The molecule has 5 atom stereocenters. The molecule has 0 spiro atoms. The van der Waals surface area contributed by atoms with Crippen LogP contribution < -0.4 is 0 Å². The molecule has 8 heteroatoms. The van der Waals surface area contributed by atoms with Crippen LogP contribution in [0.15, 0.2) is 67.0 Å². The van der Waals surface area contributed by atoms with Gasteiger partial charge in [-0.25, -0.2) is 4.79 Å². The summed E-state index contributed by atoms with van der Waals surface area (Å²) in [7, 11) is 2.87. The van der Waals surface area contributed by atoms with Crippen LogP contribution in [0.3, 0.4) is 0 Å². The van der Waals surface area contributed by atoms with Crippen LogP contribution in [0.2, 0.25) is 0 Å². The largest absolute Gasteiger partial charge is 0.489 e. The number of ether oxygens (including phenoxy) is 6. The number of hydrogen-bond acceptors (Lipinski definition) is 8. The van der Waals surface area contributed by atoms with Crippen LogP contribution in [0.1, 0.15) is 52.0 Å². The molecule has 40 heavy (non-hydrogen) atoms. The molecule has 0 unspecified atom stereocenters. The normalized spacial score (nSPS) is 25.8. The summed E-state index contributed by atoms with van der Waals surface area (Å²) in [6.45, 7) is 9.92. The summed E-state index contributed by atoms with van der Waals surface area (Å²) >= 11 is 0. The number of carbonyl (C=O) groups is 2. The molecule has 0 bridgehead atoms. The van der Waals surface area contributed by atoms with Crippen molar-refractivity contribution in [1.82, 2.24) is 0 Å². The Bertz CT molecular complexity index is 1180. The standard InChI is InChI=1S/C32H42O8/c1-7-11-28(37-21-24-15-16-25-12-8-9-13-26(25)19-24)32(4)29(38-22-35-5)20-31(3,27(40-32)14-10-17-33)39-23(2)18-30(34)36-6/h7-9,12-13,15-19,27-29H,1,10-11,14,20-22H2,2-6H3/b23-18+/t27-,28+,29-,31+,32+/m1/s1. The zero-order chi connectivity index (χ0) is 29.2. The van der Waals surface area contributed by atoms with Crippen molar-refractivity contribution in [2.45, 2.75) is 82.6 Å². The number of fused-ring (bicyclic) bond motifs is 1. The van der Waals surface area contributed by atoms with E-state index >= 15 is 0 Å². The molecule has 3 rings (SSSR count). The fraction of sp³-hybridized carbons (Fsp3) is 0.500. The third kappa shape index (κ3) is 7.79. The minimum atomic E-state index is -0.931. The second-order valence-electron chi connectivity index (χ2n) is 10.5. The predicted molar refractivity (Wildman–Crippen MR) is 153 cm³/mol. The number of carbonyl (C=O) groups excluding carboxylic acids is 2. The number of aldehydes is 1. The van der Waals surface area contributed by atoms with Crippen LogP contribution in [-0.4, -0.2) is 62.8 Å². The minimum absolute atomic E-state index is 0.0428. The first-order valence-corrected chi connectivity index (χ1v) is 13.6. The van der Waals surface area contributed by atoms with Crippen LogP contribution in [0.5, 0.6) is 0 Å². The number of rotatable bonds is 15. The molecule has 0 amide bonds. The van der Waals surface area contributed by atoms with Crippen molar-refractivity contribution in [1.29, 1.82) is 0 Å². The summed E-state index contributed by atoms with van der Waals surface area (Å²) in [5, 5.41) is 2.31. The van der Waals surface area contributed by atoms with Crippen LogP contribution >= 0.6 is 0 Å². The van der Waals surface area contributed by atoms with E-state index < -0.39 is 35.5 Å². The molecule has 1 saturated heterocycles. The lowest BCUT2D eigenvalue weighted by Gasteiger charge is -2.54. The SMILES string of the molecule is C=CC[C@H](OCc1ccc2ccccc2c1)[C@]1(C)O[C@H](CCC=O)[C@@](C)(O/C(C)=C/C(=O)OC)C[C@H]1OCOC. The van der Waals surface area contributed by atoms with Crippen molar-refractivity contribution >= 4 is 23.0 Å². The lowest BCUT2D eigenvalue weighted by molar-refractivity contribution is -0.305. The van der Waals surface area contributed by atoms with Gasteiger partial charge < -0.3 is 33.2 Å². The summed E-state index contributed by atoms with van der Waals surface area (Å²) in [6, 6.07) is 14.5. The summed E-state index contributed by atoms with van der Waals surface area (Å²) in [5.74, 6) is -0.147. The lowest BCUT2D eigenvalue weighted by Crippen LogP contribution is -2.65. The molecule has 8 nitrogen and oxygen atoms in total. The summed E-state index contributed by atoms with van der Waals surface area (Å²) in [4.78, 5) is 23.2. The van der Waals surface area contributed by atoms with Crippen LogP contribution in [-0.2, 0) is 44.6 Å². The van der Waals surface area contributed by atoms with E-state index in [0.717, 1.165) is 17.2 Å². The van der Waals surface area contributed by atoms with Gasteiger partial charge in [-0.2, -0.15) is 0 Å². The van der Waals surface area contributed by atoms with E-state index in [1.807, 2.05) is 26.0 Å². The second-order valence-corrected chi connectivity index (χ2v) is 10.5. The van der Waals surface area contributed by atoms with Crippen molar-refractivity contribution in [3.05, 3.63) is 72.5 Å². The zero-order valence-electron chi connectivity index (χ0n) is 24.2. The summed E-state index contributed by atoms with van der Waals surface area (Å²) in [5.41, 5.74) is -0.803. The van der Waals surface area contributed by atoms with Crippen molar-refractivity contribution in [3.63, 3.8) is 0 Å². The Balaban J connectivity index is 1.92. The molecular weight excluding hydrogens is 512 g/mol. The van der Waals surface area contributed by atoms with Gasteiger partial charge in [0.25, 0.3) is 0 Å². The van der Waals surface area contributed by atoms with Gasteiger partial charge in [-0.15, -0.1) is 6.58 Å². The molecular formula is C32H42O8. The Morgan fingerprint density at radius 2 is 1.93 bits per heavy atom. The quantitative estimate of drug-likeness (QED) is 0.0695. The first kappa shape index (κ1) is 31.5. The highest BCUT2D eigenvalue weighted by molar-refractivity contribution is 5.83. The van der Waals surface area contributed by atoms with Crippen molar-refractivity contribution < 1.29 is 38.0 Å². The molecule has 1 aliphatic rings. The van der Waals surface area contributed by atoms with Gasteiger partial charge in [-0.1, -0.05) is 42.5 Å². The van der Waals surface area contributed by atoms with E-state index in [-0.39, 0.29) is 13.2 Å². The van der Waals surface area contributed by atoms with E-state index in [2.05, 4.69) is 36.9 Å². The first-order chi connectivity index (χ1) is 19.2. The Morgan fingerprint density at radius 1 is 1.18 bits per heavy atom. The van der Waals surface area contributed by atoms with Gasteiger partial charge in [-0.05, 0) is 56.0 Å². The van der Waals surface area contributed by atoms with Crippen LogP contribution in [0.25, 0.3) is 10.8 Å². The molecule has 2 aromatic rings. The van der Waals surface area contributed by atoms with Gasteiger partial charge in [0, 0.05) is 20.0 Å². The average Bonchev–Trinajstić information content (AvgIpc) is 2.94. The minimum Gasteiger partial charge on any atom is -0.489 e. The topological polar surface area (TPSA) is 89.5 Å². The maximum absolute atomic E-state index is 11.8. The highest BCUT2D eigenvalue weighted by Gasteiger charge is 2.56. The van der Waals surface area contributed by atoms with Gasteiger partial charge in [0.1, 0.15) is 30.0 Å². The molecule has 218 valence electrons. The molecule has 0 saturated carbocycles. The molecule has 0 aromatic heterocycles. The third-order valence-electron chi connectivity index (χ3n) is 7.44. The molecule has 1 heterocycles. The van der Waals surface area contributed by atoms with E-state index in [4.69, 9.17) is 28.4 Å². The van der Waals surface area contributed by atoms with E-state index in [1.165, 1.54) is 18.6 Å². The molecule has 1 fully saturated rings.